The summed E-state index contributed by atoms with van der Waals surface area (Å²) in [6.07, 6.45) is 0. The minimum atomic E-state index is 0.885. The second kappa shape index (κ2) is 14.1. The van der Waals surface area contributed by atoms with Crippen LogP contribution in [0.5, 0.6) is 0 Å². The van der Waals surface area contributed by atoms with E-state index in [0.717, 1.165) is 88.2 Å². The summed E-state index contributed by atoms with van der Waals surface area (Å²) in [5.41, 5.74) is 13.8. The van der Waals surface area contributed by atoms with Crippen LogP contribution in [0.1, 0.15) is 0 Å². The van der Waals surface area contributed by atoms with E-state index < -0.39 is 0 Å². The monoisotopic (exact) mass is 803 g/mol. The highest BCUT2D eigenvalue weighted by atomic mass is 16.3. The van der Waals surface area contributed by atoms with Gasteiger partial charge in [-0.05, 0) is 104 Å². The molecule has 0 saturated heterocycles. The molecule has 0 atom stereocenters. The third-order valence-corrected chi connectivity index (χ3v) is 12.9. The molecule has 0 aliphatic heterocycles. The van der Waals surface area contributed by atoms with Crippen molar-refractivity contribution in [1.82, 2.24) is 0 Å². The van der Waals surface area contributed by atoms with Gasteiger partial charge in [0.15, 0.2) is 0 Å². The number of hydrogen-bond acceptors (Lipinski definition) is 3. The van der Waals surface area contributed by atoms with Crippen molar-refractivity contribution in [3.05, 3.63) is 224 Å². The number of anilines is 3. The van der Waals surface area contributed by atoms with Crippen LogP contribution < -0.4 is 4.90 Å². The minimum absolute atomic E-state index is 0.885. The molecule has 63 heavy (non-hydrogen) atoms. The van der Waals surface area contributed by atoms with E-state index in [9.17, 15) is 0 Å². The van der Waals surface area contributed by atoms with Gasteiger partial charge in [-0.3, -0.25) is 0 Å². The minimum Gasteiger partial charge on any atom is -0.455 e. The van der Waals surface area contributed by atoms with Gasteiger partial charge >= 0.3 is 0 Å². The molecule has 0 bridgehead atoms. The molecule has 0 fully saturated rings. The molecule has 3 nitrogen and oxygen atoms in total. The summed E-state index contributed by atoms with van der Waals surface area (Å²) < 4.78 is 13.2. The van der Waals surface area contributed by atoms with Crippen LogP contribution in [0.4, 0.5) is 17.1 Å². The van der Waals surface area contributed by atoms with Gasteiger partial charge in [-0.1, -0.05) is 170 Å². The molecular formula is C60H37NO2. The van der Waals surface area contributed by atoms with Crippen molar-refractivity contribution in [3.63, 3.8) is 0 Å². The Balaban J connectivity index is 0.973. The Labute approximate surface area is 363 Å². The van der Waals surface area contributed by atoms with E-state index in [1.165, 1.54) is 38.4 Å². The highest BCUT2D eigenvalue weighted by Gasteiger charge is 2.21. The molecule has 0 N–H and O–H groups in total. The van der Waals surface area contributed by atoms with E-state index in [1.54, 1.807) is 0 Å². The average Bonchev–Trinajstić information content (AvgIpc) is 3.93. The standard InChI is InChI=1S/C60H37NO2/c1-2-16-41(17-3-1)61(42-31-28-39(29-32-42)45-25-13-26-52-50-22-10-11-27-57(50)62-59(45)52)56-34-33-48(46-19-6-8-21-49(46)56)53-37-55-54-36-40(44-24-12-15-38-14-4-5-18-43(38)44)30-35-58(54)63-60(55)51-23-9-7-20-47(51)53/h1-37H. The lowest BCUT2D eigenvalue weighted by Crippen LogP contribution is -2.10. The highest BCUT2D eigenvalue weighted by Crippen LogP contribution is 2.47. The SMILES string of the molecule is c1ccc(N(c2ccc(-c3cccc4c3oc3ccccc34)cc2)c2ccc(-c3cc4c5cc(-c6cccc7ccccc67)ccc5oc4c4ccccc34)c3ccccc23)cc1. The van der Waals surface area contributed by atoms with Crippen molar-refractivity contribution in [1.29, 1.82) is 0 Å². The van der Waals surface area contributed by atoms with Gasteiger partial charge in [0.1, 0.15) is 22.3 Å². The van der Waals surface area contributed by atoms with Gasteiger partial charge in [0.2, 0.25) is 0 Å². The first-order chi connectivity index (χ1) is 31.2. The number of nitrogens with zero attached hydrogens (tertiary/aromatic N) is 1. The Hall–Kier alpha value is -8.40. The zero-order chi connectivity index (χ0) is 41.4. The van der Waals surface area contributed by atoms with Gasteiger partial charge in [0.05, 0.1) is 5.69 Å². The fourth-order valence-electron chi connectivity index (χ4n) is 9.95. The van der Waals surface area contributed by atoms with Crippen molar-refractivity contribution in [2.24, 2.45) is 0 Å². The first-order valence-electron chi connectivity index (χ1n) is 21.5. The van der Waals surface area contributed by atoms with E-state index in [2.05, 4.69) is 217 Å². The van der Waals surface area contributed by atoms with Crippen molar-refractivity contribution >= 4 is 93.3 Å². The molecule has 13 aromatic rings. The van der Waals surface area contributed by atoms with Crippen molar-refractivity contribution < 1.29 is 8.83 Å². The van der Waals surface area contributed by atoms with Crippen LogP contribution in [0.3, 0.4) is 0 Å². The predicted octanol–water partition coefficient (Wildman–Crippen LogP) is 17.4. The van der Waals surface area contributed by atoms with Gasteiger partial charge in [0, 0.05) is 49.3 Å². The van der Waals surface area contributed by atoms with Crippen molar-refractivity contribution in [3.8, 4) is 33.4 Å². The van der Waals surface area contributed by atoms with Gasteiger partial charge in [-0.15, -0.1) is 0 Å². The Morgan fingerprint density at radius 3 is 1.68 bits per heavy atom. The molecule has 0 radical (unpaired) electrons. The Kier molecular flexibility index (Phi) is 7.91. The number of fused-ring (bicyclic) bond motifs is 10. The molecular weight excluding hydrogens is 767 g/mol. The van der Waals surface area contributed by atoms with Gasteiger partial charge < -0.3 is 13.7 Å². The zero-order valence-electron chi connectivity index (χ0n) is 34.1. The number of benzene rings is 11. The molecule has 2 aromatic heterocycles. The molecule has 0 saturated carbocycles. The average molecular weight is 804 g/mol. The van der Waals surface area contributed by atoms with Crippen LogP contribution in [0.25, 0.3) is 110 Å². The summed E-state index contributed by atoms with van der Waals surface area (Å²) in [7, 11) is 0. The smallest absolute Gasteiger partial charge is 0.143 e. The molecule has 0 amide bonds. The number of para-hydroxylation sites is 3. The zero-order valence-corrected chi connectivity index (χ0v) is 34.1. The van der Waals surface area contributed by atoms with Gasteiger partial charge in [-0.25, -0.2) is 0 Å². The molecule has 2 heterocycles. The van der Waals surface area contributed by atoms with Crippen molar-refractivity contribution in [2.75, 3.05) is 4.90 Å². The second-order valence-corrected chi connectivity index (χ2v) is 16.4. The van der Waals surface area contributed by atoms with Crippen LogP contribution >= 0.6 is 0 Å². The summed E-state index contributed by atoms with van der Waals surface area (Å²) >= 11 is 0. The number of rotatable bonds is 6. The van der Waals surface area contributed by atoms with Crippen LogP contribution in [-0.4, -0.2) is 0 Å². The molecule has 294 valence electrons. The summed E-state index contributed by atoms with van der Waals surface area (Å²) in [6, 6.07) is 80.4. The summed E-state index contributed by atoms with van der Waals surface area (Å²) in [5, 5.41) is 11.6. The van der Waals surface area contributed by atoms with E-state index >= 15 is 0 Å². The molecule has 11 aromatic carbocycles. The summed E-state index contributed by atoms with van der Waals surface area (Å²) in [5.74, 6) is 0. The summed E-state index contributed by atoms with van der Waals surface area (Å²) in [6.45, 7) is 0. The normalized spacial score (nSPS) is 11.8. The van der Waals surface area contributed by atoms with E-state index in [4.69, 9.17) is 8.83 Å². The first kappa shape index (κ1) is 35.4. The largest absolute Gasteiger partial charge is 0.455 e. The maximum Gasteiger partial charge on any atom is 0.143 e. The third kappa shape index (κ3) is 5.60. The number of furan rings is 2. The van der Waals surface area contributed by atoms with Gasteiger partial charge in [-0.2, -0.15) is 0 Å². The van der Waals surface area contributed by atoms with Crippen molar-refractivity contribution in [2.45, 2.75) is 0 Å². The first-order valence-corrected chi connectivity index (χ1v) is 21.5. The second-order valence-electron chi connectivity index (χ2n) is 16.4. The van der Waals surface area contributed by atoms with E-state index in [1.807, 2.05) is 12.1 Å². The van der Waals surface area contributed by atoms with Crippen LogP contribution in [0.15, 0.2) is 233 Å². The van der Waals surface area contributed by atoms with Gasteiger partial charge in [0.25, 0.3) is 0 Å². The maximum absolute atomic E-state index is 6.73. The molecule has 0 spiro atoms. The molecule has 0 aliphatic carbocycles. The Bertz CT molecular complexity index is 3910. The van der Waals surface area contributed by atoms with Crippen LogP contribution in [0.2, 0.25) is 0 Å². The third-order valence-electron chi connectivity index (χ3n) is 12.9. The fourth-order valence-corrected chi connectivity index (χ4v) is 9.95. The molecule has 13 rings (SSSR count). The quantitative estimate of drug-likeness (QED) is 0.168. The lowest BCUT2D eigenvalue weighted by Gasteiger charge is -2.28. The Morgan fingerprint density at radius 2 is 0.841 bits per heavy atom. The fraction of sp³-hybridized carbons (Fsp3) is 0. The molecule has 3 heteroatoms. The molecule has 0 unspecified atom stereocenters. The van der Waals surface area contributed by atoms with Crippen LogP contribution in [0, 0.1) is 0 Å². The number of hydrogen-bond donors (Lipinski definition) is 0. The summed E-state index contributed by atoms with van der Waals surface area (Å²) in [4.78, 5) is 2.37. The van der Waals surface area contributed by atoms with Crippen LogP contribution in [-0.2, 0) is 0 Å². The lowest BCUT2D eigenvalue weighted by molar-refractivity contribution is 0.670. The highest BCUT2D eigenvalue weighted by molar-refractivity contribution is 6.22. The Morgan fingerprint density at radius 1 is 0.270 bits per heavy atom. The molecule has 0 aliphatic rings. The van der Waals surface area contributed by atoms with E-state index in [0.29, 0.717) is 0 Å². The van der Waals surface area contributed by atoms with E-state index in [-0.39, 0.29) is 0 Å². The predicted molar refractivity (Wildman–Crippen MR) is 265 cm³/mol. The lowest BCUT2D eigenvalue weighted by atomic mass is 9.91. The topological polar surface area (TPSA) is 29.5 Å². The maximum atomic E-state index is 6.73.